The average Bonchev–Trinajstić information content (AvgIpc) is 3.21. The number of nitrogens with two attached hydrogens (primary N) is 1. The smallest absolute Gasteiger partial charge is 0.250 e. The van der Waals surface area contributed by atoms with E-state index < -0.39 is 0 Å². The number of nitrogen functional groups attached to an aromatic ring is 1. The lowest BCUT2D eigenvalue weighted by molar-refractivity contribution is -0.118. The van der Waals surface area contributed by atoms with Gasteiger partial charge in [0.05, 0.1) is 26.2 Å². The molecule has 0 aliphatic carbocycles. The van der Waals surface area contributed by atoms with Crippen LogP contribution in [0, 0.1) is 0 Å². The number of hydrogen-bond donors (Lipinski definition) is 2. The van der Waals surface area contributed by atoms with Crippen molar-refractivity contribution in [2.24, 2.45) is 5.10 Å². The molecule has 0 aliphatic rings. The molecule has 0 bridgehead atoms. The van der Waals surface area contributed by atoms with Gasteiger partial charge in [0, 0.05) is 0 Å². The predicted octanol–water partition coefficient (Wildman–Crippen LogP) is 2.78. The lowest BCUT2D eigenvalue weighted by Gasteiger charge is -2.12. The summed E-state index contributed by atoms with van der Waals surface area (Å²) in [5, 5.41) is 12.4. The number of hydrogen-bond acceptors (Lipinski definition) is 9. The molecule has 0 unspecified atom stereocenters. The predicted molar refractivity (Wildman–Crippen MR) is 131 cm³/mol. The van der Waals surface area contributed by atoms with Crippen LogP contribution in [-0.2, 0) is 17.8 Å². The van der Waals surface area contributed by atoms with Crippen LogP contribution in [0.4, 0.5) is 0 Å². The monoisotopic (exact) mass is 484 g/mol. The fourth-order valence-corrected chi connectivity index (χ4v) is 3.62. The summed E-state index contributed by atoms with van der Waals surface area (Å²) in [6.45, 7) is 2.23. The highest BCUT2D eigenvalue weighted by Crippen LogP contribution is 2.29. The fraction of sp³-hybridized carbons (Fsp3) is 0.304. The maximum absolute atomic E-state index is 12.1. The highest BCUT2D eigenvalue weighted by Gasteiger charge is 2.14. The summed E-state index contributed by atoms with van der Waals surface area (Å²) < 4.78 is 17.7. The Morgan fingerprint density at radius 3 is 2.65 bits per heavy atom. The van der Waals surface area contributed by atoms with Gasteiger partial charge in [-0.15, -0.1) is 10.2 Å². The van der Waals surface area contributed by atoms with E-state index in [1.807, 2.05) is 42.5 Å². The Bertz CT molecular complexity index is 1120. The van der Waals surface area contributed by atoms with Crippen molar-refractivity contribution >= 4 is 23.9 Å². The van der Waals surface area contributed by atoms with E-state index in [1.54, 1.807) is 20.4 Å². The summed E-state index contributed by atoms with van der Waals surface area (Å²) in [7, 11) is 3.20. The van der Waals surface area contributed by atoms with E-state index in [0.717, 1.165) is 35.9 Å². The number of benzene rings is 2. The third kappa shape index (κ3) is 6.88. The Hall–Kier alpha value is -3.73. The molecule has 0 radical (unpaired) electrons. The number of carbonyl (C=O) groups is 1. The zero-order chi connectivity index (χ0) is 24.3. The van der Waals surface area contributed by atoms with Crippen molar-refractivity contribution in [1.82, 2.24) is 20.3 Å². The van der Waals surface area contributed by atoms with Gasteiger partial charge in [-0.05, 0) is 53.9 Å². The van der Waals surface area contributed by atoms with Crippen LogP contribution < -0.4 is 25.5 Å². The molecule has 180 valence electrons. The molecule has 0 fully saturated rings. The number of thioether (sulfide) groups is 1. The summed E-state index contributed by atoms with van der Waals surface area (Å²) in [4.78, 5) is 12.1. The van der Waals surface area contributed by atoms with E-state index in [-0.39, 0.29) is 18.3 Å². The second-order valence-electron chi connectivity index (χ2n) is 7.15. The minimum Gasteiger partial charge on any atom is -0.497 e. The lowest BCUT2D eigenvalue weighted by Crippen LogP contribution is -2.21. The molecular weight excluding hydrogens is 456 g/mol. The maximum atomic E-state index is 12.1. The second kappa shape index (κ2) is 12.5. The van der Waals surface area contributed by atoms with Gasteiger partial charge in [0.1, 0.15) is 12.4 Å². The van der Waals surface area contributed by atoms with E-state index in [4.69, 9.17) is 20.1 Å². The molecule has 0 saturated heterocycles. The molecule has 0 saturated carbocycles. The van der Waals surface area contributed by atoms with Crippen LogP contribution >= 0.6 is 11.8 Å². The second-order valence-corrected chi connectivity index (χ2v) is 8.09. The van der Waals surface area contributed by atoms with Gasteiger partial charge in [0.15, 0.2) is 17.3 Å². The Morgan fingerprint density at radius 2 is 1.94 bits per heavy atom. The minimum atomic E-state index is -0.299. The van der Waals surface area contributed by atoms with Gasteiger partial charge < -0.3 is 20.1 Å². The molecule has 1 amide bonds. The summed E-state index contributed by atoms with van der Waals surface area (Å²) in [5.74, 6) is 8.25. The maximum Gasteiger partial charge on any atom is 0.250 e. The molecule has 1 aromatic heterocycles. The van der Waals surface area contributed by atoms with E-state index in [1.165, 1.54) is 10.2 Å². The number of carbonyl (C=O) groups excluding carboxylic acids is 1. The number of aromatic nitrogens is 3. The van der Waals surface area contributed by atoms with E-state index >= 15 is 0 Å². The van der Waals surface area contributed by atoms with Gasteiger partial charge in [-0.3, -0.25) is 4.79 Å². The number of hydrazone groups is 1. The molecule has 34 heavy (non-hydrogen) atoms. The van der Waals surface area contributed by atoms with Crippen LogP contribution in [0.3, 0.4) is 0 Å². The fourth-order valence-electron chi connectivity index (χ4n) is 2.95. The van der Waals surface area contributed by atoms with Crippen molar-refractivity contribution in [2.75, 3.05) is 25.8 Å². The molecule has 0 spiro atoms. The molecule has 0 atom stereocenters. The first-order valence-corrected chi connectivity index (χ1v) is 11.6. The number of ether oxygens (including phenoxy) is 3. The number of nitrogens with zero attached hydrogens (tertiary/aromatic N) is 4. The van der Waals surface area contributed by atoms with E-state index in [0.29, 0.717) is 22.5 Å². The molecular formula is C23H28N6O4S. The van der Waals surface area contributed by atoms with E-state index in [9.17, 15) is 4.79 Å². The third-order valence-corrected chi connectivity index (χ3v) is 5.65. The summed E-state index contributed by atoms with van der Waals surface area (Å²) in [6, 6.07) is 13.1. The highest BCUT2D eigenvalue weighted by molar-refractivity contribution is 7.99. The summed E-state index contributed by atoms with van der Waals surface area (Å²) in [5.41, 5.74) is 4.48. The lowest BCUT2D eigenvalue weighted by atomic mass is 10.1. The van der Waals surface area contributed by atoms with Crippen molar-refractivity contribution < 1.29 is 19.0 Å². The van der Waals surface area contributed by atoms with Gasteiger partial charge in [-0.1, -0.05) is 31.2 Å². The molecule has 3 N–H and O–H groups in total. The average molecular weight is 485 g/mol. The molecule has 3 rings (SSSR count). The molecule has 10 nitrogen and oxygen atoms in total. The normalized spacial score (nSPS) is 10.9. The Labute approximate surface area is 202 Å². The first-order valence-electron chi connectivity index (χ1n) is 10.6. The van der Waals surface area contributed by atoms with Crippen molar-refractivity contribution in [1.29, 1.82) is 0 Å². The third-order valence-electron chi connectivity index (χ3n) is 4.71. The van der Waals surface area contributed by atoms with Crippen LogP contribution in [0.15, 0.2) is 52.7 Å². The van der Waals surface area contributed by atoms with Gasteiger partial charge >= 0.3 is 0 Å². The van der Waals surface area contributed by atoms with Gasteiger partial charge in [-0.25, -0.2) is 10.1 Å². The molecule has 1 heterocycles. The zero-order valence-electron chi connectivity index (χ0n) is 19.4. The summed E-state index contributed by atoms with van der Waals surface area (Å²) >= 11 is 1.15. The number of methoxy groups -OCH3 is 2. The van der Waals surface area contributed by atoms with Crippen LogP contribution in [0.5, 0.6) is 17.2 Å². The van der Waals surface area contributed by atoms with Crippen LogP contribution in [0.1, 0.15) is 30.3 Å². The quantitative estimate of drug-likeness (QED) is 0.174. The number of nitrogens with one attached hydrogen (secondary N) is 1. The molecule has 3 aromatic rings. The van der Waals surface area contributed by atoms with Crippen molar-refractivity contribution in [3.63, 3.8) is 0 Å². The number of rotatable bonds is 12. The Morgan fingerprint density at radius 1 is 1.15 bits per heavy atom. The summed E-state index contributed by atoms with van der Waals surface area (Å²) in [6.07, 6.45) is 3.56. The van der Waals surface area contributed by atoms with Crippen LogP contribution in [-0.4, -0.2) is 47.0 Å². The topological polar surface area (TPSA) is 126 Å². The molecule has 0 aliphatic heterocycles. The van der Waals surface area contributed by atoms with Crippen LogP contribution in [0.2, 0.25) is 0 Å². The van der Waals surface area contributed by atoms with Crippen molar-refractivity contribution in [3.8, 4) is 17.2 Å². The van der Waals surface area contributed by atoms with Crippen molar-refractivity contribution in [3.05, 3.63) is 59.4 Å². The minimum absolute atomic E-state index is 0.0723. The number of amides is 1. The molecule has 2 aromatic carbocycles. The van der Waals surface area contributed by atoms with Crippen LogP contribution in [0.25, 0.3) is 0 Å². The zero-order valence-corrected chi connectivity index (χ0v) is 20.2. The van der Waals surface area contributed by atoms with Gasteiger partial charge in [0.2, 0.25) is 5.16 Å². The van der Waals surface area contributed by atoms with Gasteiger partial charge in [0.25, 0.3) is 5.91 Å². The largest absolute Gasteiger partial charge is 0.497 e. The van der Waals surface area contributed by atoms with Gasteiger partial charge in [-0.2, -0.15) is 5.10 Å². The number of aryl methyl sites for hydroxylation is 1. The standard InChI is InChI=1S/C23H28N6O4S/c1-4-5-16-8-11-19(20(12-16)32-3)33-14-21-26-28-23(29(21)24)34-15-22(30)27-25-13-17-6-9-18(31-2)10-7-17/h6-13H,4-5,14-15,24H2,1-3H3,(H,27,30)/b25-13+. The van der Waals surface area contributed by atoms with Crippen molar-refractivity contribution in [2.45, 2.75) is 31.5 Å². The SMILES string of the molecule is CCCc1ccc(OCc2nnc(SCC(=O)N/N=C/c3ccc(OC)cc3)n2N)c(OC)c1. The Kier molecular flexibility index (Phi) is 9.15. The highest BCUT2D eigenvalue weighted by atomic mass is 32.2. The first-order chi connectivity index (χ1) is 16.5. The first kappa shape index (κ1) is 24.9. The van der Waals surface area contributed by atoms with E-state index in [2.05, 4.69) is 27.6 Å². The molecule has 11 heteroatoms. The Balaban J connectivity index is 1.49.